The molecule has 10 heteroatoms. The van der Waals surface area contributed by atoms with Crippen LogP contribution in [0.15, 0.2) is 18.2 Å². The van der Waals surface area contributed by atoms with Crippen LogP contribution < -0.4 is 32.2 Å². The highest BCUT2D eigenvalue weighted by Crippen LogP contribution is 2.23. The van der Waals surface area contributed by atoms with Crippen molar-refractivity contribution in [2.75, 3.05) is 13.2 Å². The molecule has 0 aliphatic carbocycles. The fourth-order valence-corrected chi connectivity index (χ4v) is 4.38. The number of hydrogen-bond acceptors (Lipinski definition) is 6. The van der Waals surface area contributed by atoms with E-state index < -0.39 is 5.91 Å². The quantitative estimate of drug-likeness (QED) is 0.211. The van der Waals surface area contributed by atoms with E-state index >= 15 is 0 Å². The number of primary amides is 2. The maximum Gasteiger partial charge on any atom is 0.237 e. The van der Waals surface area contributed by atoms with Crippen LogP contribution in [0.1, 0.15) is 69.4 Å². The van der Waals surface area contributed by atoms with Crippen LogP contribution in [0.4, 0.5) is 0 Å². The molecule has 0 radical (unpaired) electrons. The summed E-state index contributed by atoms with van der Waals surface area (Å²) in [6.07, 6.45) is 5.63. The van der Waals surface area contributed by atoms with Crippen molar-refractivity contribution in [1.29, 1.82) is 0 Å². The summed E-state index contributed by atoms with van der Waals surface area (Å²) in [7, 11) is 0. The van der Waals surface area contributed by atoms with Gasteiger partial charge in [-0.15, -0.1) is 0 Å². The Morgan fingerprint density at radius 1 is 1.11 bits per heavy atom. The van der Waals surface area contributed by atoms with E-state index in [1.54, 1.807) is 0 Å². The fraction of sp³-hybridized carbons (Fsp3) is 0.615. The molecular formula is C26H41N5O5. The second-order valence-electron chi connectivity index (χ2n) is 9.50. The molecule has 0 spiro atoms. The topological polar surface area (TPSA) is 166 Å². The molecule has 10 nitrogen and oxygen atoms in total. The van der Waals surface area contributed by atoms with Crippen LogP contribution in [-0.2, 0) is 25.6 Å². The van der Waals surface area contributed by atoms with Gasteiger partial charge in [-0.3, -0.25) is 19.2 Å². The SMILES string of the molecule is CC(=O)NCC[C@H]1CC[C@@H](C(=O)N[C@@H](CCC(N)=O)COc2cccc(CCCCC(N)=O)c2C)N1. The molecule has 1 aromatic carbocycles. The van der Waals surface area contributed by atoms with Crippen LogP contribution in [0.2, 0.25) is 0 Å². The summed E-state index contributed by atoms with van der Waals surface area (Å²) in [6, 6.07) is 5.31. The molecular weight excluding hydrogens is 462 g/mol. The van der Waals surface area contributed by atoms with E-state index in [9.17, 15) is 19.2 Å². The highest BCUT2D eigenvalue weighted by atomic mass is 16.5. The molecule has 0 aromatic heterocycles. The Labute approximate surface area is 213 Å². The lowest BCUT2D eigenvalue weighted by atomic mass is 10.0. The van der Waals surface area contributed by atoms with Crippen molar-refractivity contribution < 1.29 is 23.9 Å². The molecule has 36 heavy (non-hydrogen) atoms. The number of rotatable bonds is 16. The van der Waals surface area contributed by atoms with Gasteiger partial charge in [0.15, 0.2) is 0 Å². The van der Waals surface area contributed by atoms with Crippen molar-refractivity contribution in [2.45, 2.75) is 89.8 Å². The molecule has 200 valence electrons. The molecule has 1 fully saturated rings. The summed E-state index contributed by atoms with van der Waals surface area (Å²) >= 11 is 0. The molecule has 1 heterocycles. The zero-order valence-electron chi connectivity index (χ0n) is 21.4. The second kappa shape index (κ2) is 15.1. The van der Waals surface area contributed by atoms with Gasteiger partial charge in [-0.05, 0) is 69.1 Å². The maximum absolute atomic E-state index is 12.9. The van der Waals surface area contributed by atoms with Gasteiger partial charge < -0.3 is 32.2 Å². The van der Waals surface area contributed by atoms with Crippen LogP contribution in [0.5, 0.6) is 5.75 Å². The number of benzene rings is 1. The Balaban J connectivity index is 1.91. The predicted molar refractivity (Wildman–Crippen MR) is 137 cm³/mol. The minimum Gasteiger partial charge on any atom is -0.491 e. The largest absolute Gasteiger partial charge is 0.491 e. The lowest BCUT2D eigenvalue weighted by molar-refractivity contribution is -0.124. The molecule has 1 aliphatic rings. The van der Waals surface area contributed by atoms with E-state index in [0.717, 1.165) is 49.0 Å². The average molecular weight is 504 g/mol. The monoisotopic (exact) mass is 503 g/mol. The molecule has 0 bridgehead atoms. The zero-order chi connectivity index (χ0) is 26.5. The number of aryl methyl sites for hydroxylation is 1. The first-order chi connectivity index (χ1) is 17.2. The van der Waals surface area contributed by atoms with Crippen molar-refractivity contribution in [1.82, 2.24) is 16.0 Å². The molecule has 1 saturated heterocycles. The summed E-state index contributed by atoms with van der Waals surface area (Å²) in [6.45, 7) is 4.25. The highest BCUT2D eigenvalue weighted by molar-refractivity contribution is 5.82. The van der Waals surface area contributed by atoms with Crippen LogP contribution in [-0.4, -0.2) is 54.9 Å². The normalized spacial score (nSPS) is 17.8. The number of hydrogen-bond donors (Lipinski definition) is 5. The lowest BCUT2D eigenvalue weighted by Crippen LogP contribution is -2.48. The van der Waals surface area contributed by atoms with Gasteiger partial charge in [0, 0.05) is 32.4 Å². The number of carbonyl (C=O) groups excluding carboxylic acids is 4. The third kappa shape index (κ3) is 10.6. The van der Waals surface area contributed by atoms with E-state index in [0.29, 0.717) is 25.8 Å². The Kier molecular flexibility index (Phi) is 12.2. The van der Waals surface area contributed by atoms with Crippen molar-refractivity contribution in [3.63, 3.8) is 0 Å². The number of nitrogens with two attached hydrogens (primary N) is 2. The fourth-order valence-electron chi connectivity index (χ4n) is 4.38. The second-order valence-corrected chi connectivity index (χ2v) is 9.50. The predicted octanol–water partition coefficient (Wildman–Crippen LogP) is 0.969. The van der Waals surface area contributed by atoms with E-state index in [1.807, 2.05) is 25.1 Å². The Morgan fingerprint density at radius 3 is 2.56 bits per heavy atom. The molecule has 1 aliphatic heterocycles. The lowest BCUT2D eigenvalue weighted by Gasteiger charge is -2.22. The smallest absolute Gasteiger partial charge is 0.237 e. The summed E-state index contributed by atoms with van der Waals surface area (Å²) in [5.41, 5.74) is 12.7. The van der Waals surface area contributed by atoms with Gasteiger partial charge in [0.25, 0.3) is 0 Å². The summed E-state index contributed by atoms with van der Waals surface area (Å²) in [4.78, 5) is 46.3. The maximum atomic E-state index is 12.9. The van der Waals surface area contributed by atoms with Crippen molar-refractivity contribution >= 4 is 23.6 Å². The van der Waals surface area contributed by atoms with E-state index in [1.165, 1.54) is 6.92 Å². The molecule has 1 aromatic rings. The third-order valence-electron chi connectivity index (χ3n) is 6.47. The van der Waals surface area contributed by atoms with Gasteiger partial charge in [-0.1, -0.05) is 12.1 Å². The Hall–Kier alpha value is -3.14. The van der Waals surface area contributed by atoms with Crippen molar-refractivity contribution in [2.24, 2.45) is 11.5 Å². The van der Waals surface area contributed by atoms with Crippen LogP contribution >= 0.6 is 0 Å². The third-order valence-corrected chi connectivity index (χ3v) is 6.47. The van der Waals surface area contributed by atoms with Gasteiger partial charge >= 0.3 is 0 Å². The minimum absolute atomic E-state index is 0.0663. The first-order valence-corrected chi connectivity index (χ1v) is 12.7. The van der Waals surface area contributed by atoms with E-state index in [2.05, 4.69) is 16.0 Å². The molecule has 0 unspecified atom stereocenters. The molecule has 2 rings (SSSR count). The van der Waals surface area contributed by atoms with Crippen molar-refractivity contribution in [3.05, 3.63) is 29.3 Å². The molecule has 3 atom stereocenters. The van der Waals surface area contributed by atoms with Crippen molar-refractivity contribution in [3.8, 4) is 5.75 Å². The van der Waals surface area contributed by atoms with Crippen LogP contribution in [0, 0.1) is 6.92 Å². The number of ether oxygens (including phenoxy) is 1. The first-order valence-electron chi connectivity index (χ1n) is 12.7. The standard InChI is InChI=1S/C26H41N5O5/c1-17-19(6-3-4-9-24(27)33)7-5-8-23(17)36-16-21(11-13-25(28)34)31-26(35)22-12-10-20(30-22)14-15-29-18(2)32/h5,7-8,20-22,30H,3-4,6,9-16H2,1-2H3,(H2,27,33)(H2,28,34)(H,29,32)(H,31,35)/t20-,21+,22+/m1/s1. The van der Waals surface area contributed by atoms with Crippen LogP contribution in [0.25, 0.3) is 0 Å². The first kappa shape index (κ1) is 29.1. The number of nitrogens with one attached hydrogen (secondary N) is 3. The summed E-state index contributed by atoms with van der Waals surface area (Å²) in [5, 5.41) is 9.13. The van der Waals surface area contributed by atoms with Crippen LogP contribution in [0.3, 0.4) is 0 Å². The van der Waals surface area contributed by atoms with Gasteiger partial charge in [0.1, 0.15) is 12.4 Å². The average Bonchev–Trinajstić information content (AvgIpc) is 3.28. The van der Waals surface area contributed by atoms with Gasteiger partial charge in [-0.25, -0.2) is 0 Å². The number of amides is 4. The van der Waals surface area contributed by atoms with Gasteiger partial charge in [-0.2, -0.15) is 0 Å². The molecule has 4 amide bonds. The van der Waals surface area contributed by atoms with Gasteiger partial charge in [0.05, 0.1) is 12.1 Å². The molecule has 7 N–H and O–H groups in total. The number of unbranched alkanes of at least 4 members (excludes halogenated alkanes) is 1. The summed E-state index contributed by atoms with van der Waals surface area (Å²) < 4.78 is 6.08. The Bertz CT molecular complexity index is 907. The van der Waals surface area contributed by atoms with E-state index in [-0.39, 0.29) is 48.9 Å². The Morgan fingerprint density at radius 2 is 1.86 bits per heavy atom. The minimum atomic E-state index is -0.430. The molecule has 0 saturated carbocycles. The highest BCUT2D eigenvalue weighted by Gasteiger charge is 2.30. The number of carbonyl (C=O) groups is 4. The zero-order valence-corrected chi connectivity index (χ0v) is 21.4. The van der Waals surface area contributed by atoms with Gasteiger partial charge in [0.2, 0.25) is 23.6 Å². The summed E-state index contributed by atoms with van der Waals surface area (Å²) in [5.74, 6) is -0.196. The van der Waals surface area contributed by atoms with E-state index in [4.69, 9.17) is 16.2 Å².